The summed E-state index contributed by atoms with van der Waals surface area (Å²) in [5.41, 5.74) is 1.37. The molecule has 0 bridgehead atoms. The molecular weight excluding hydrogens is 499 g/mol. The van der Waals surface area contributed by atoms with E-state index in [0.29, 0.717) is 17.7 Å². The van der Waals surface area contributed by atoms with E-state index in [4.69, 9.17) is 9.47 Å². The number of rotatable bonds is 8. The fraction of sp³-hybridized carbons (Fsp3) is 0.375. The number of aromatic nitrogens is 3. The summed E-state index contributed by atoms with van der Waals surface area (Å²) in [6.07, 6.45) is -6.78. The van der Waals surface area contributed by atoms with Crippen molar-refractivity contribution >= 4 is 5.97 Å². The van der Waals surface area contributed by atoms with Gasteiger partial charge < -0.3 is 29.9 Å². The highest BCUT2D eigenvalue weighted by Crippen LogP contribution is 2.33. The number of aliphatic hydroxyl groups excluding tert-OH is 3. The summed E-state index contributed by atoms with van der Waals surface area (Å²) in [7, 11) is 0. The number of carboxylic acid groups (broad SMARTS) is 1. The highest BCUT2D eigenvalue weighted by molar-refractivity contribution is 5.73. The van der Waals surface area contributed by atoms with Crippen molar-refractivity contribution in [3.8, 4) is 11.3 Å². The van der Waals surface area contributed by atoms with E-state index in [9.17, 15) is 38.4 Å². The van der Waals surface area contributed by atoms with E-state index in [1.54, 1.807) is 12.1 Å². The SMILES string of the molecule is Cc1ccc(CO[C@H](C(=O)O)[C@@H]2OC(CO)[C@H](O)[C@H](n3cc(-c4cc(F)c(F)c(F)c4)nn3)C2O)cc1. The number of aliphatic carboxylic acids is 1. The molecule has 0 amide bonds. The number of hydrogen-bond acceptors (Lipinski definition) is 8. The zero-order chi connectivity index (χ0) is 26.9. The molecule has 13 heteroatoms. The highest BCUT2D eigenvalue weighted by Gasteiger charge is 2.50. The molecule has 2 unspecified atom stereocenters. The highest BCUT2D eigenvalue weighted by atomic mass is 19.2. The third kappa shape index (κ3) is 5.50. The molecule has 2 heterocycles. The Morgan fingerprint density at radius 3 is 2.38 bits per heavy atom. The van der Waals surface area contributed by atoms with Crippen LogP contribution >= 0.6 is 0 Å². The maximum atomic E-state index is 13.7. The number of carboxylic acids is 1. The molecule has 1 saturated heterocycles. The lowest BCUT2D eigenvalue weighted by Crippen LogP contribution is -2.60. The van der Waals surface area contributed by atoms with Gasteiger partial charge in [0.15, 0.2) is 23.6 Å². The van der Waals surface area contributed by atoms with Gasteiger partial charge in [0.25, 0.3) is 0 Å². The van der Waals surface area contributed by atoms with Crippen molar-refractivity contribution in [1.29, 1.82) is 0 Å². The molecule has 1 aliphatic rings. The molecule has 198 valence electrons. The van der Waals surface area contributed by atoms with Crippen LogP contribution in [0.3, 0.4) is 0 Å². The second-order valence-electron chi connectivity index (χ2n) is 8.69. The Balaban J connectivity index is 1.61. The van der Waals surface area contributed by atoms with Gasteiger partial charge in [-0.25, -0.2) is 22.6 Å². The van der Waals surface area contributed by atoms with Gasteiger partial charge in [0, 0.05) is 5.56 Å². The van der Waals surface area contributed by atoms with Crippen LogP contribution in [0.1, 0.15) is 17.2 Å². The van der Waals surface area contributed by atoms with E-state index in [2.05, 4.69) is 10.3 Å². The van der Waals surface area contributed by atoms with Gasteiger partial charge in [-0.3, -0.25) is 0 Å². The minimum Gasteiger partial charge on any atom is -0.479 e. The average Bonchev–Trinajstić information content (AvgIpc) is 3.34. The summed E-state index contributed by atoms with van der Waals surface area (Å²) < 4.78 is 52.7. The minimum atomic E-state index is -1.73. The van der Waals surface area contributed by atoms with Gasteiger partial charge in [0.2, 0.25) is 0 Å². The second-order valence-corrected chi connectivity index (χ2v) is 8.69. The van der Waals surface area contributed by atoms with Crippen LogP contribution in [0.15, 0.2) is 42.6 Å². The molecule has 0 spiro atoms. The molecule has 0 aliphatic carbocycles. The van der Waals surface area contributed by atoms with Crippen molar-refractivity contribution in [1.82, 2.24) is 15.0 Å². The number of hydrogen-bond donors (Lipinski definition) is 4. The smallest absolute Gasteiger partial charge is 0.335 e. The second kappa shape index (κ2) is 10.9. The van der Waals surface area contributed by atoms with Gasteiger partial charge >= 0.3 is 5.97 Å². The largest absolute Gasteiger partial charge is 0.479 e. The first-order chi connectivity index (χ1) is 17.6. The van der Waals surface area contributed by atoms with Crippen molar-refractivity contribution in [2.45, 2.75) is 50.1 Å². The molecule has 1 aromatic heterocycles. The van der Waals surface area contributed by atoms with Crippen LogP contribution in [0, 0.1) is 24.4 Å². The van der Waals surface area contributed by atoms with Crippen LogP contribution in [-0.4, -0.2) is 78.5 Å². The predicted octanol–water partition coefficient (Wildman–Crippen LogP) is 1.36. The predicted molar refractivity (Wildman–Crippen MR) is 120 cm³/mol. The van der Waals surface area contributed by atoms with Crippen molar-refractivity contribution in [3.05, 3.63) is 71.2 Å². The van der Waals surface area contributed by atoms with E-state index in [1.165, 1.54) is 0 Å². The maximum absolute atomic E-state index is 13.7. The Morgan fingerprint density at radius 1 is 1.14 bits per heavy atom. The van der Waals surface area contributed by atoms with E-state index in [-0.39, 0.29) is 17.9 Å². The lowest BCUT2D eigenvalue weighted by molar-refractivity contribution is -0.238. The lowest BCUT2D eigenvalue weighted by Gasteiger charge is -2.43. The monoisotopic (exact) mass is 523 g/mol. The number of carbonyl (C=O) groups is 1. The molecule has 4 rings (SSSR count). The summed E-state index contributed by atoms with van der Waals surface area (Å²) in [5, 5.41) is 48.9. The zero-order valence-electron chi connectivity index (χ0n) is 19.4. The quantitative estimate of drug-likeness (QED) is 0.321. The Morgan fingerprint density at radius 2 is 1.78 bits per heavy atom. The third-order valence-electron chi connectivity index (χ3n) is 6.12. The van der Waals surface area contributed by atoms with Crippen LogP contribution in [0.25, 0.3) is 11.3 Å². The first-order valence-corrected chi connectivity index (χ1v) is 11.2. The Labute approximate surface area is 208 Å². The van der Waals surface area contributed by atoms with Gasteiger partial charge in [-0.2, -0.15) is 0 Å². The number of halogens is 3. The fourth-order valence-corrected chi connectivity index (χ4v) is 4.13. The third-order valence-corrected chi connectivity index (χ3v) is 6.12. The fourth-order valence-electron chi connectivity index (χ4n) is 4.13. The Hall–Kier alpha value is -3.36. The normalized spacial score (nSPS) is 24.7. The first-order valence-electron chi connectivity index (χ1n) is 11.2. The molecule has 0 radical (unpaired) electrons. The first kappa shape index (κ1) is 26.7. The Bertz CT molecular complexity index is 1230. The number of aryl methyl sites for hydroxylation is 1. The molecule has 10 nitrogen and oxygen atoms in total. The van der Waals surface area contributed by atoms with Crippen molar-refractivity contribution < 1.29 is 47.9 Å². The summed E-state index contributed by atoms with van der Waals surface area (Å²) in [5.74, 6) is -6.03. The van der Waals surface area contributed by atoms with Crippen LogP contribution in [-0.2, 0) is 20.9 Å². The standard InChI is InChI=1S/C24H24F3N3O7/c1-11-2-4-12(5-3-11)10-36-23(24(34)35)22-21(33)19(20(32)17(9-31)37-22)30-8-16(28-29-30)13-6-14(25)18(27)15(26)7-13/h2-8,17,19-23,31-33H,9-10H2,1H3,(H,34,35)/t17?,19-,20-,21?,22+,23-/m0/s1. The zero-order valence-corrected chi connectivity index (χ0v) is 19.4. The van der Waals surface area contributed by atoms with Crippen LogP contribution in [0.4, 0.5) is 13.2 Å². The number of benzene rings is 2. The summed E-state index contributed by atoms with van der Waals surface area (Å²) >= 11 is 0. The van der Waals surface area contributed by atoms with E-state index in [1.807, 2.05) is 19.1 Å². The molecule has 2 aromatic carbocycles. The molecule has 4 N–H and O–H groups in total. The summed E-state index contributed by atoms with van der Waals surface area (Å²) in [4.78, 5) is 12.0. The van der Waals surface area contributed by atoms with E-state index < -0.39 is 66.6 Å². The number of aliphatic hydroxyl groups is 3. The molecule has 1 aliphatic heterocycles. The van der Waals surface area contributed by atoms with Gasteiger partial charge in [0.1, 0.15) is 36.2 Å². The summed E-state index contributed by atoms with van der Waals surface area (Å²) in [6, 6.07) is 7.12. The average molecular weight is 523 g/mol. The minimum absolute atomic E-state index is 0.119. The number of nitrogens with zero attached hydrogens (tertiary/aromatic N) is 3. The Kier molecular flexibility index (Phi) is 7.90. The molecule has 6 atom stereocenters. The van der Waals surface area contributed by atoms with Crippen molar-refractivity contribution in [2.24, 2.45) is 0 Å². The molecule has 37 heavy (non-hydrogen) atoms. The summed E-state index contributed by atoms with van der Waals surface area (Å²) in [6.45, 7) is 1.02. The molecule has 3 aromatic rings. The lowest BCUT2D eigenvalue weighted by atomic mass is 9.90. The molecule has 1 fully saturated rings. The van der Waals surface area contributed by atoms with E-state index >= 15 is 0 Å². The van der Waals surface area contributed by atoms with E-state index in [0.717, 1.165) is 16.4 Å². The topological polar surface area (TPSA) is 147 Å². The van der Waals surface area contributed by atoms with Gasteiger partial charge in [-0.05, 0) is 24.6 Å². The molecular formula is C24H24F3N3O7. The van der Waals surface area contributed by atoms with Crippen LogP contribution in [0.2, 0.25) is 0 Å². The van der Waals surface area contributed by atoms with Crippen LogP contribution < -0.4 is 0 Å². The van der Waals surface area contributed by atoms with Gasteiger partial charge in [-0.15, -0.1) is 5.10 Å². The van der Waals surface area contributed by atoms with Crippen molar-refractivity contribution in [2.75, 3.05) is 6.61 Å². The number of ether oxygens (including phenoxy) is 2. The molecule has 0 saturated carbocycles. The van der Waals surface area contributed by atoms with Crippen LogP contribution in [0.5, 0.6) is 0 Å². The van der Waals surface area contributed by atoms with Crippen molar-refractivity contribution in [3.63, 3.8) is 0 Å². The maximum Gasteiger partial charge on any atom is 0.335 e. The van der Waals surface area contributed by atoms with Gasteiger partial charge in [-0.1, -0.05) is 35.0 Å². The van der Waals surface area contributed by atoms with Gasteiger partial charge in [0.05, 0.1) is 19.4 Å².